The summed E-state index contributed by atoms with van der Waals surface area (Å²) in [5.41, 5.74) is 2.09. The van der Waals surface area contributed by atoms with E-state index in [9.17, 15) is 9.59 Å². The van der Waals surface area contributed by atoms with E-state index in [-0.39, 0.29) is 17.9 Å². The monoisotopic (exact) mass is 373 g/mol. The van der Waals surface area contributed by atoms with Crippen LogP contribution in [0.15, 0.2) is 67.4 Å². The molecule has 1 aliphatic heterocycles. The number of para-hydroxylation sites is 1. The van der Waals surface area contributed by atoms with Crippen molar-refractivity contribution in [2.45, 2.75) is 6.04 Å². The summed E-state index contributed by atoms with van der Waals surface area (Å²) in [5, 5.41) is 6.92. The van der Waals surface area contributed by atoms with Crippen LogP contribution in [0.1, 0.15) is 10.4 Å². The van der Waals surface area contributed by atoms with Gasteiger partial charge in [0.15, 0.2) is 0 Å². The third-order valence-electron chi connectivity index (χ3n) is 4.58. The van der Waals surface area contributed by atoms with Crippen LogP contribution in [-0.4, -0.2) is 45.8 Å². The predicted molar refractivity (Wildman–Crippen MR) is 108 cm³/mol. The highest BCUT2D eigenvalue weighted by molar-refractivity contribution is 6.00. The fourth-order valence-corrected chi connectivity index (χ4v) is 3.03. The Morgan fingerprint density at radius 3 is 2.61 bits per heavy atom. The number of nitrogens with zero attached hydrogens (tertiary/aromatic N) is 3. The van der Waals surface area contributed by atoms with Gasteiger partial charge in [-0.1, -0.05) is 24.8 Å². The second-order valence-electron chi connectivity index (χ2n) is 6.57. The molecule has 0 aliphatic carbocycles. The molecule has 2 aromatic carbocycles. The Bertz CT molecular complexity index is 1040. The highest BCUT2D eigenvalue weighted by Gasteiger charge is 2.31. The number of carbonyl (C=O) groups excluding carboxylic acids is 2. The molecule has 0 spiro atoms. The van der Waals surface area contributed by atoms with Gasteiger partial charge in [0.2, 0.25) is 11.9 Å². The number of fused-ring (bicyclic) bond motifs is 1. The molecule has 7 nitrogen and oxygen atoms in total. The lowest BCUT2D eigenvalue weighted by atomic mass is 10.1. The maximum Gasteiger partial charge on any atom is 0.253 e. The summed E-state index contributed by atoms with van der Waals surface area (Å²) in [7, 11) is 0. The molecule has 0 saturated carbocycles. The lowest BCUT2D eigenvalue weighted by molar-refractivity contribution is -0.111. The minimum atomic E-state index is -0.286. The molecule has 0 unspecified atom stereocenters. The molecule has 7 heteroatoms. The van der Waals surface area contributed by atoms with E-state index in [0.29, 0.717) is 30.3 Å². The van der Waals surface area contributed by atoms with E-state index in [1.165, 1.54) is 6.08 Å². The van der Waals surface area contributed by atoms with Crippen molar-refractivity contribution >= 4 is 34.4 Å². The Hall–Kier alpha value is -3.74. The van der Waals surface area contributed by atoms with Gasteiger partial charge in [-0.15, -0.1) is 0 Å². The molecule has 0 bridgehead atoms. The minimum absolute atomic E-state index is 0.0425. The number of hydrogen-bond donors (Lipinski definition) is 2. The van der Waals surface area contributed by atoms with Crippen molar-refractivity contribution in [3.8, 4) is 0 Å². The number of hydrogen-bond acceptors (Lipinski definition) is 5. The van der Waals surface area contributed by atoms with Crippen LogP contribution in [0.2, 0.25) is 0 Å². The summed E-state index contributed by atoms with van der Waals surface area (Å²) in [5.74, 6) is 0.240. The fraction of sp³-hybridized carbons (Fsp3) is 0.143. The maximum atomic E-state index is 12.6. The number of anilines is 2. The van der Waals surface area contributed by atoms with Crippen LogP contribution in [0, 0.1) is 0 Å². The summed E-state index contributed by atoms with van der Waals surface area (Å²) in [6.45, 7) is 4.58. The molecule has 1 fully saturated rings. The largest absolute Gasteiger partial charge is 0.348 e. The molecular weight excluding hydrogens is 354 g/mol. The van der Waals surface area contributed by atoms with Crippen LogP contribution in [0.3, 0.4) is 0 Å². The number of amides is 2. The second kappa shape index (κ2) is 7.48. The molecular formula is C21H19N5O2. The van der Waals surface area contributed by atoms with Crippen LogP contribution in [-0.2, 0) is 4.79 Å². The van der Waals surface area contributed by atoms with Gasteiger partial charge in [-0.2, -0.15) is 0 Å². The molecule has 2 N–H and O–H groups in total. The van der Waals surface area contributed by atoms with Crippen molar-refractivity contribution in [2.75, 3.05) is 23.7 Å². The van der Waals surface area contributed by atoms with E-state index in [1.54, 1.807) is 35.4 Å². The van der Waals surface area contributed by atoms with Crippen molar-refractivity contribution < 1.29 is 9.59 Å². The van der Waals surface area contributed by atoms with Crippen LogP contribution in [0.5, 0.6) is 0 Å². The van der Waals surface area contributed by atoms with Crippen LogP contribution < -0.4 is 10.6 Å². The number of carbonyl (C=O) groups is 2. The summed E-state index contributed by atoms with van der Waals surface area (Å²) >= 11 is 0. The lowest BCUT2D eigenvalue weighted by Gasteiger charge is -2.39. The van der Waals surface area contributed by atoms with E-state index in [1.807, 2.05) is 24.3 Å². The molecule has 1 aliphatic rings. The first-order chi connectivity index (χ1) is 13.6. The number of benzene rings is 2. The van der Waals surface area contributed by atoms with Crippen LogP contribution in [0.25, 0.3) is 10.9 Å². The van der Waals surface area contributed by atoms with Crippen molar-refractivity contribution in [2.24, 2.45) is 0 Å². The highest BCUT2D eigenvalue weighted by atomic mass is 16.2. The minimum Gasteiger partial charge on any atom is -0.348 e. The first-order valence-electron chi connectivity index (χ1n) is 8.93. The number of nitrogens with one attached hydrogen (secondary N) is 2. The Balaban J connectivity index is 1.33. The van der Waals surface area contributed by atoms with Crippen LogP contribution >= 0.6 is 0 Å². The normalized spacial score (nSPS) is 13.6. The average Bonchev–Trinajstić information content (AvgIpc) is 2.70. The molecule has 1 aromatic heterocycles. The van der Waals surface area contributed by atoms with Gasteiger partial charge in [0.25, 0.3) is 5.91 Å². The smallest absolute Gasteiger partial charge is 0.253 e. The number of aromatic nitrogens is 2. The third kappa shape index (κ3) is 3.68. The van der Waals surface area contributed by atoms with E-state index >= 15 is 0 Å². The van der Waals surface area contributed by atoms with Crippen molar-refractivity contribution in [3.63, 3.8) is 0 Å². The molecule has 0 radical (unpaired) electrons. The Morgan fingerprint density at radius 1 is 1.11 bits per heavy atom. The van der Waals surface area contributed by atoms with Gasteiger partial charge in [-0.3, -0.25) is 9.59 Å². The third-order valence-corrected chi connectivity index (χ3v) is 4.58. The maximum absolute atomic E-state index is 12.6. The first-order valence-corrected chi connectivity index (χ1v) is 8.93. The summed E-state index contributed by atoms with van der Waals surface area (Å²) in [4.78, 5) is 34.4. The standard InChI is InChI=1S/C21H19N5O2/c1-2-19(27)23-16-9-7-14(8-10-16)20(28)26-12-17(13-26)24-21-22-11-15-5-3-4-6-18(15)25-21/h2-11,17H,1,12-13H2,(H,23,27)(H,22,24,25). The molecule has 1 saturated heterocycles. The van der Waals surface area contributed by atoms with Gasteiger partial charge in [0.1, 0.15) is 0 Å². The zero-order valence-corrected chi connectivity index (χ0v) is 15.1. The molecule has 3 aromatic rings. The molecule has 2 heterocycles. The zero-order valence-electron chi connectivity index (χ0n) is 15.1. The molecule has 2 amide bonds. The van der Waals surface area contributed by atoms with E-state index in [2.05, 4.69) is 27.2 Å². The van der Waals surface area contributed by atoms with Gasteiger partial charge in [-0.05, 0) is 36.4 Å². The summed E-state index contributed by atoms with van der Waals surface area (Å²) in [6.07, 6.45) is 2.99. The van der Waals surface area contributed by atoms with Gasteiger partial charge in [0.05, 0.1) is 11.6 Å². The molecule has 4 rings (SSSR count). The number of likely N-dealkylation sites (tertiary alicyclic amines) is 1. The van der Waals surface area contributed by atoms with Gasteiger partial charge < -0.3 is 15.5 Å². The van der Waals surface area contributed by atoms with Gasteiger partial charge in [-0.25, -0.2) is 9.97 Å². The average molecular weight is 373 g/mol. The van der Waals surface area contributed by atoms with Gasteiger partial charge >= 0.3 is 0 Å². The topological polar surface area (TPSA) is 87.2 Å². The van der Waals surface area contributed by atoms with Crippen molar-refractivity contribution in [1.82, 2.24) is 14.9 Å². The lowest BCUT2D eigenvalue weighted by Crippen LogP contribution is -2.57. The Kier molecular flexibility index (Phi) is 4.72. The quantitative estimate of drug-likeness (QED) is 0.672. The first kappa shape index (κ1) is 17.7. The molecule has 0 atom stereocenters. The SMILES string of the molecule is C=CC(=O)Nc1ccc(C(=O)N2CC(Nc3ncc4ccccc4n3)C2)cc1. The van der Waals surface area contributed by atoms with Crippen molar-refractivity contribution in [1.29, 1.82) is 0 Å². The predicted octanol–water partition coefficient (Wildman–Crippen LogP) is 2.69. The van der Waals surface area contributed by atoms with E-state index < -0.39 is 0 Å². The summed E-state index contributed by atoms with van der Waals surface area (Å²) in [6, 6.07) is 14.7. The second-order valence-corrected chi connectivity index (χ2v) is 6.57. The van der Waals surface area contributed by atoms with E-state index in [4.69, 9.17) is 0 Å². The molecule has 28 heavy (non-hydrogen) atoms. The van der Waals surface area contributed by atoms with Crippen molar-refractivity contribution in [3.05, 3.63) is 72.9 Å². The van der Waals surface area contributed by atoms with E-state index in [0.717, 1.165) is 10.9 Å². The van der Waals surface area contributed by atoms with Gasteiger partial charge in [0, 0.05) is 35.9 Å². The Labute approximate surface area is 162 Å². The fourth-order valence-electron chi connectivity index (χ4n) is 3.03. The zero-order chi connectivity index (χ0) is 19.5. The van der Waals surface area contributed by atoms with Crippen LogP contribution in [0.4, 0.5) is 11.6 Å². The molecule has 140 valence electrons. The summed E-state index contributed by atoms with van der Waals surface area (Å²) < 4.78 is 0. The Morgan fingerprint density at radius 2 is 1.86 bits per heavy atom. The number of rotatable bonds is 5. The highest BCUT2D eigenvalue weighted by Crippen LogP contribution is 2.19.